The number of benzene rings is 2. The number of hydrogen-bond donors (Lipinski definition) is 2. The predicted molar refractivity (Wildman–Crippen MR) is 108 cm³/mol. The molecule has 0 bridgehead atoms. The molecule has 0 saturated heterocycles. The normalized spacial score (nSPS) is 12.6. The van der Waals surface area contributed by atoms with Crippen molar-refractivity contribution in [2.75, 3.05) is 25.1 Å². The monoisotopic (exact) mass is 402 g/mol. The highest BCUT2D eigenvalue weighted by Crippen LogP contribution is 2.38. The van der Waals surface area contributed by atoms with Crippen molar-refractivity contribution in [2.24, 2.45) is 5.92 Å². The van der Waals surface area contributed by atoms with Crippen LogP contribution in [0.1, 0.15) is 29.8 Å². The molecule has 0 fully saturated rings. The molecule has 0 saturated carbocycles. The molecule has 28 heavy (non-hydrogen) atoms. The van der Waals surface area contributed by atoms with Crippen LogP contribution in [0.5, 0.6) is 11.5 Å². The smallest absolute Gasteiger partial charge is 0.253 e. The van der Waals surface area contributed by atoms with Gasteiger partial charge in [0, 0.05) is 6.54 Å². The van der Waals surface area contributed by atoms with Crippen LogP contribution in [-0.4, -0.2) is 31.6 Å². The van der Waals surface area contributed by atoms with Gasteiger partial charge < -0.3 is 20.1 Å². The standard InChI is InChI=1S/C21H23ClN2O4/c1-13(2)12-23-21(26)15-5-3-4-6-17(15)24-19(25)11-14-9-16(22)20-18(10-14)27-7-8-28-20/h3-6,9-10,13H,7-8,11-12H2,1-2H3,(H,23,26)(H,24,25). The van der Waals surface area contributed by atoms with Gasteiger partial charge in [0.15, 0.2) is 11.5 Å². The van der Waals surface area contributed by atoms with E-state index in [1.807, 2.05) is 13.8 Å². The Morgan fingerprint density at radius 2 is 1.89 bits per heavy atom. The lowest BCUT2D eigenvalue weighted by atomic mass is 10.1. The number of anilines is 1. The van der Waals surface area contributed by atoms with Crippen molar-refractivity contribution in [2.45, 2.75) is 20.3 Å². The average molecular weight is 403 g/mol. The second kappa shape index (κ2) is 8.97. The minimum atomic E-state index is -0.253. The number of ether oxygens (including phenoxy) is 2. The summed E-state index contributed by atoms with van der Waals surface area (Å²) in [7, 11) is 0. The zero-order chi connectivity index (χ0) is 20.1. The molecule has 0 unspecified atom stereocenters. The van der Waals surface area contributed by atoms with Crippen LogP contribution in [0.4, 0.5) is 5.69 Å². The molecule has 0 aromatic heterocycles. The van der Waals surface area contributed by atoms with Gasteiger partial charge in [0.25, 0.3) is 5.91 Å². The number of carbonyl (C=O) groups is 2. The van der Waals surface area contributed by atoms with E-state index in [1.54, 1.807) is 36.4 Å². The lowest BCUT2D eigenvalue weighted by molar-refractivity contribution is -0.115. The van der Waals surface area contributed by atoms with Crippen LogP contribution in [0.2, 0.25) is 5.02 Å². The highest BCUT2D eigenvalue weighted by molar-refractivity contribution is 6.32. The molecule has 2 amide bonds. The number of halogens is 1. The molecule has 3 rings (SSSR count). The van der Waals surface area contributed by atoms with Crippen molar-refractivity contribution in [3.8, 4) is 11.5 Å². The molecular formula is C21H23ClN2O4. The summed E-state index contributed by atoms with van der Waals surface area (Å²) in [5.41, 5.74) is 1.60. The molecule has 2 aromatic rings. The van der Waals surface area contributed by atoms with Gasteiger partial charge in [0.1, 0.15) is 13.2 Å². The Kier molecular flexibility index (Phi) is 6.41. The van der Waals surface area contributed by atoms with Gasteiger partial charge in [-0.1, -0.05) is 37.6 Å². The third kappa shape index (κ3) is 4.95. The highest BCUT2D eigenvalue weighted by atomic mass is 35.5. The summed E-state index contributed by atoms with van der Waals surface area (Å²) in [5.74, 6) is 0.911. The van der Waals surface area contributed by atoms with Gasteiger partial charge in [-0.05, 0) is 35.7 Å². The Hall–Kier alpha value is -2.73. The summed E-state index contributed by atoms with van der Waals surface area (Å²) >= 11 is 6.23. The summed E-state index contributed by atoms with van der Waals surface area (Å²) in [6.45, 7) is 5.50. The van der Waals surface area contributed by atoms with E-state index in [0.717, 1.165) is 0 Å². The highest BCUT2D eigenvalue weighted by Gasteiger charge is 2.18. The number of rotatable bonds is 6. The van der Waals surface area contributed by atoms with E-state index in [4.69, 9.17) is 21.1 Å². The minimum absolute atomic E-state index is 0.0955. The molecule has 1 heterocycles. The van der Waals surface area contributed by atoms with Crippen LogP contribution in [0, 0.1) is 5.92 Å². The predicted octanol–water partition coefficient (Wildman–Crippen LogP) is 3.68. The van der Waals surface area contributed by atoms with Gasteiger partial charge in [-0.3, -0.25) is 9.59 Å². The summed E-state index contributed by atoms with van der Waals surface area (Å²) in [6.07, 6.45) is 0.0955. The molecule has 0 radical (unpaired) electrons. The Morgan fingerprint density at radius 3 is 2.68 bits per heavy atom. The van der Waals surface area contributed by atoms with Crippen molar-refractivity contribution >= 4 is 29.1 Å². The largest absolute Gasteiger partial charge is 0.486 e. The molecule has 148 valence electrons. The zero-order valence-corrected chi connectivity index (χ0v) is 16.6. The van der Waals surface area contributed by atoms with Crippen molar-refractivity contribution in [3.05, 3.63) is 52.5 Å². The minimum Gasteiger partial charge on any atom is -0.486 e. The van der Waals surface area contributed by atoms with Crippen LogP contribution in [0.25, 0.3) is 0 Å². The SMILES string of the molecule is CC(C)CNC(=O)c1ccccc1NC(=O)Cc1cc(Cl)c2c(c1)OCCO2. The average Bonchev–Trinajstić information content (AvgIpc) is 2.66. The second-order valence-corrected chi connectivity index (χ2v) is 7.38. The van der Waals surface area contributed by atoms with E-state index in [0.29, 0.717) is 59.0 Å². The van der Waals surface area contributed by atoms with E-state index in [9.17, 15) is 9.59 Å². The lowest BCUT2D eigenvalue weighted by Crippen LogP contribution is -2.28. The molecule has 0 aliphatic carbocycles. The fourth-order valence-corrected chi connectivity index (χ4v) is 3.12. The Bertz CT molecular complexity index is 883. The quantitative estimate of drug-likeness (QED) is 0.772. The second-order valence-electron chi connectivity index (χ2n) is 6.98. The van der Waals surface area contributed by atoms with Gasteiger partial charge in [-0.25, -0.2) is 0 Å². The summed E-state index contributed by atoms with van der Waals surface area (Å²) < 4.78 is 11.0. The lowest BCUT2D eigenvalue weighted by Gasteiger charge is -2.20. The summed E-state index contributed by atoms with van der Waals surface area (Å²) in [4.78, 5) is 24.9. The number of para-hydroxylation sites is 1. The van der Waals surface area contributed by atoms with Gasteiger partial charge in [-0.15, -0.1) is 0 Å². The first kappa shape index (κ1) is 20.0. The number of amides is 2. The van der Waals surface area contributed by atoms with E-state index in [-0.39, 0.29) is 18.2 Å². The number of carbonyl (C=O) groups excluding carboxylic acids is 2. The van der Waals surface area contributed by atoms with Crippen LogP contribution >= 0.6 is 11.6 Å². The topological polar surface area (TPSA) is 76.7 Å². The van der Waals surface area contributed by atoms with E-state index in [1.165, 1.54) is 0 Å². The summed E-state index contributed by atoms with van der Waals surface area (Å²) in [5, 5.41) is 6.09. The molecule has 7 heteroatoms. The van der Waals surface area contributed by atoms with E-state index >= 15 is 0 Å². The van der Waals surface area contributed by atoms with Gasteiger partial charge >= 0.3 is 0 Å². The number of hydrogen-bond acceptors (Lipinski definition) is 4. The Labute approximate surface area is 169 Å². The van der Waals surface area contributed by atoms with E-state index < -0.39 is 0 Å². The van der Waals surface area contributed by atoms with Crippen LogP contribution < -0.4 is 20.1 Å². The molecule has 0 atom stereocenters. The molecule has 0 spiro atoms. The molecule has 6 nitrogen and oxygen atoms in total. The van der Waals surface area contributed by atoms with Gasteiger partial charge in [-0.2, -0.15) is 0 Å². The van der Waals surface area contributed by atoms with Crippen molar-refractivity contribution in [3.63, 3.8) is 0 Å². The first-order valence-electron chi connectivity index (χ1n) is 9.19. The fourth-order valence-electron chi connectivity index (χ4n) is 2.83. The molecule has 1 aliphatic rings. The number of fused-ring (bicyclic) bond motifs is 1. The Balaban J connectivity index is 1.70. The van der Waals surface area contributed by atoms with Crippen LogP contribution in [0.15, 0.2) is 36.4 Å². The van der Waals surface area contributed by atoms with Gasteiger partial charge in [0.2, 0.25) is 5.91 Å². The van der Waals surface area contributed by atoms with Crippen LogP contribution in [-0.2, 0) is 11.2 Å². The van der Waals surface area contributed by atoms with Crippen LogP contribution in [0.3, 0.4) is 0 Å². The van der Waals surface area contributed by atoms with Crippen molar-refractivity contribution < 1.29 is 19.1 Å². The molecule has 2 aromatic carbocycles. The zero-order valence-electron chi connectivity index (χ0n) is 15.9. The maximum Gasteiger partial charge on any atom is 0.253 e. The van der Waals surface area contributed by atoms with Crippen molar-refractivity contribution in [1.29, 1.82) is 0 Å². The maximum absolute atomic E-state index is 12.5. The van der Waals surface area contributed by atoms with E-state index in [2.05, 4.69) is 10.6 Å². The third-order valence-corrected chi connectivity index (χ3v) is 4.42. The Morgan fingerprint density at radius 1 is 1.14 bits per heavy atom. The molecular weight excluding hydrogens is 380 g/mol. The summed E-state index contributed by atoms with van der Waals surface area (Å²) in [6, 6.07) is 10.4. The molecule has 2 N–H and O–H groups in total. The third-order valence-electron chi connectivity index (χ3n) is 4.14. The van der Waals surface area contributed by atoms with Crippen molar-refractivity contribution in [1.82, 2.24) is 5.32 Å². The van der Waals surface area contributed by atoms with Gasteiger partial charge in [0.05, 0.1) is 22.7 Å². The first-order chi connectivity index (χ1) is 13.4. The maximum atomic E-state index is 12.5. The fraction of sp³-hybridized carbons (Fsp3) is 0.333. The number of nitrogens with one attached hydrogen (secondary N) is 2. The molecule has 1 aliphatic heterocycles. The first-order valence-corrected chi connectivity index (χ1v) is 9.57.